The summed E-state index contributed by atoms with van der Waals surface area (Å²) in [7, 11) is 3.43. The van der Waals surface area contributed by atoms with Crippen LogP contribution in [0.1, 0.15) is 17.3 Å². The van der Waals surface area contributed by atoms with Crippen molar-refractivity contribution in [3.63, 3.8) is 0 Å². The van der Waals surface area contributed by atoms with Crippen LogP contribution in [-0.2, 0) is 13.6 Å². The van der Waals surface area contributed by atoms with Crippen LogP contribution in [0.5, 0.6) is 5.75 Å². The molecule has 0 unspecified atom stereocenters. The van der Waals surface area contributed by atoms with Gasteiger partial charge in [-0.15, -0.1) is 0 Å². The lowest BCUT2D eigenvalue weighted by Crippen LogP contribution is -2.24. The first-order valence-corrected chi connectivity index (χ1v) is 10.4. The summed E-state index contributed by atoms with van der Waals surface area (Å²) in [5.41, 5.74) is 2.23. The number of carbonyl (C=O) groups excluding carboxylic acids is 1. The van der Waals surface area contributed by atoms with E-state index in [9.17, 15) is 14.0 Å². The first kappa shape index (κ1) is 20.2. The predicted octanol–water partition coefficient (Wildman–Crippen LogP) is 4.03. The second kappa shape index (κ2) is 7.95. The molecule has 4 aromatic rings. The van der Waals surface area contributed by atoms with E-state index in [0.717, 1.165) is 10.9 Å². The van der Waals surface area contributed by atoms with Crippen molar-refractivity contribution in [1.82, 2.24) is 14.1 Å². The summed E-state index contributed by atoms with van der Waals surface area (Å²) in [6.07, 6.45) is 0. The molecule has 0 N–H and O–H groups in total. The molecule has 0 atom stereocenters. The van der Waals surface area contributed by atoms with Gasteiger partial charge in [-0.1, -0.05) is 11.8 Å². The Hall–Kier alpha value is -3.13. The van der Waals surface area contributed by atoms with Gasteiger partial charge in [0.2, 0.25) is 0 Å². The van der Waals surface area contributed by atoms with Gasteiger partial charge in [-0.3, -0.25) is 14.2 Å². The number of ether oxygens (including phenoxy) is 1. The van der Waals surface area contributed by atoms with Crippen LogP contribution in [-0.4, -0.2) is 32.8 Å². The SMILES string of the molecule is CCn1c(SCC(=O)c2ccc(F)cc2)nc2c3cc(OC)ccc3n(C)c2c1=O. The van der Waals surface area contributed by atoms with Gasteiger partial charge in [0.15, 0.2) is 10.9 Å². The maximum absolute atomic E-state index is 13.2. The Morgan fingerprint density at radius 3 is 2.60 bits per heavy atom. The molecule has 0 saturated carbocycles. The van der Waals surface area contributed by atoms with Gasteiger partial charge in [0, 0.05) is 24.5 Å². The smallest absolute Gasteiger partial charge is 0.278 e. The third-order valence-corrected chi connectivity index (χ3v) is 6.06. The molecule has 4 rings (SSSR count). The van der Waals surface area contributed by atoms with Crippen LogP contribution in [0.25, 0.3) is 21.9 Å². The molecule has 0 aliphatic heterocycles. The topological polar surface area (TPSA) is 66.1 Å². The number of aromatic nitrogens is 3. The second-order valence-corrected chi connectivity index (χ2v) is 7.74. The van der Waals surface area contributed by atoms with Gasteiger partial charge in [-0.05, 0) is 49.4 Å². The second-order valence-electron chi connectivity index (χ2n) is 6.80. The van der Waals surface area contributed by atoms with Crippen molar-refractivity contribution in [2.45, 2.75) is 18.6 Å². The Morgan fingerprint density at radius 1 is 1.20 bits per heavy atom. The maximum Gasteiger partial charge on any atom is 0.278 e. The lowest BCUT2D eigenvalue weighted by molar-refractivity contribution is 0.102. The minimum atomic E-state index is -0.391. The molecule has 0 radical (unpaired) electrons. The van der Waals surface area contributed by atoms with E-state index in [2.05, 4.69) is 0 Å². The lowest BCUT2D eigenvalue weighted by Gasteiger charge is -2.10. The summed E-state index contributed by atoms with van der Waals surface area (Å²) < 4.78 is 21.8. The minimum absolute atomic E-state index is 0.0949. The molecule has 0 fully saturated rings. The molecule has 2 aromatic heterocycles. The molecule has 8 heteroatoms. The zero-order valence-electron chi connectivity index (χ0n) is 16.8. The number of rotatable bonds is 6. The predicted molar refractivity (Wildman–Crippen MR) is 116 cm³/mol. The fourth-order valence-corrected chi connectivity index (χ4v) is 4.45. The molecular formula is C22H20FN3O3S. The summed E-state index contributed by atoms with van der Waals surface area (Å²) in [5.74, 6) is 0.226. The molecule has 30 heavy (non-hydrogen) atoms. The fourth-order valence-electron chi connectivity index (χ4n) is 3.50. The Balaban J connectivity index is 1.79. The average molecular weight is 425 g/mol. The third-order valence-electron chi connectivity index (χ3n) is 5.08. The Labute approximate surface area is 176 Å². The van der Waals surface area contributed by atoms with Gasteiger partial charge in [0.05, 0.1) is 18.4 Å². The van der Waals surface area contributed by atoms with Crippen LogP contribution in [0, 0.1) is 5.82 Å². The molecule has 154 valence electrons. The third kappa shape index (κ3) is 3.37. The number of thioether (sulfide) groups is 1. The number of Topliss-reactive ketones (excluding diaryl/α,β-unsaturated/α-hetero) is 1. The number of halogens is 1. The average Bonchev–Trinajstić information content (AvgIpc) is 3.04. The highest BCUT2D eigenvalue weighted by Gasteiger charge is 2.19. The van der Waals surface area contributed by atoms with Gasteiger partial charge in [-0.25, -0.2) is 9.37 Å². The molecule has 2 aromatic carbocycles. The number of hydrogen-bond donors (Lipinski definition) is 0. The first-order valence-electron chi connectivity index (χ1n) is 9.43. The van der Waals surface area contributed by atoms with Crippen molar-refractivity contribution in [1.29, 1.82) is 0 Å². The zero-order valence-corrected chi connectivity index (χ0v) is 17.6. The number of methoxy groups -OCH3 is 1. The highest BCUT2D eigenvalue weighted by atomic mass is 32.2. The number of benzene rings is 2. The Bertz CT molecular complexity index is 1330. The van der Waals surface area contributed by atoms with Gasteiger partial charge in [-0.2, -0.15) is 0 Å². The monoisotopic (exact) mass is 425 g/mol. The van der Waals surface area contributed by atoms with Crippen LogP contribution in [0.3, 0.4) is 0 Å². The van der Waals surface area contributed by atoms with Crippen molar-refractivity contribution in [3.8, 4) is 5.75 Å². The van der Waals surface area contributed by atoms with E-state index in [-0.39, 0.29) is 17.1 Å². The van der Waals surface area contributed by atoms with Crippen molar-refractivity contribution >= 4 is 39.5 Å². The summed E-state index contributed by atoms with van der Waals surface area (Å²) in [6.45, 7) is 2.30. The summed E-state index contributed by atoms with van der Waals surface area (Å²) >= 11 is 1.20. The number of nitrogens with zero attached hydrogens (tertiary/aromatic N) is 3. The number of carbonyl (C=O) groups is 1. The molecule has 0 bridgehead atoms. The van der Waals surface area contributed by atoms with E-state index in [1.165, 1.54) is 36.0 Å². The van der Waals surface area contributed by atoms with Crippen LogP contribution in [0.2, 0.25) is 0 Å². The maximum atomic E-state index is 13.2. The van der Waals surface area contributed by atoms with E-state index in [4.69, 9.17) is 9.72 Å². The molecule has 0 aliphatic rings. The first-order chi connectivity index (χ1) is 14.4. The van der Waals surface area contributed by atoms with Gasteiger partial charge in [0.25, 0.3) is 5.56 Å². The molecule has 0 spiro atoms. The van der Waals surface area contributed by atoms with E-state index >= 15 is 0 Å². The highest BCUT2D eigenvalue weighted by molar-refractivity contribution is 7.99. The van der Waals surface area contributed by atoms with Crippen molar-refractivity contribution in [2.75, 3.05) is 12.9 Å². The van der Waals surface area contributed by atoms with Gasteiger partial charge in [0.1, 0.15) is 22.6 Å². The normalized spacial score (nSPS) is 11.3. The van der Waals surface area contributed by atoms with E-state index in [1.54, 1.807) is 11.7 Å². The zero-order chi connectivity index (χ0) is 21.4. The molecular weight excluding hydrogens is 405 g/mol. The summed E-state index contributed by atoms with van der Waals surface area (Å²) in [5, 5.41) is 1.29. The number of aryl methyl sites for hydroxylation is 1. The number of ketones is 1. The van der Waals surface area contributed by atoms with Crippen LogP contribution in [0.4, 0.5) is 4.39 Å². The lowest BCUT2D eigenvalue weighted by atomic mass is 10.1. The van der Waals surface area contributed by atoms with E-state index in [1.807, 2.05) is 36.7 Å². The summed E-state index contributed by atoms with van der Waals surface area (Å²) in [4.78, 5) is 30.5. The van der Waals surface area contributed by atoms with Gasteiger partial charge >= 0.3 is 0 Å². The molecule has 2 heterocycles. The molecule has 0 aliphatic carbocycles. The van der Waals surface area contributed by atoms with Crippen molar-refractivity contribution < 1.29 is 13.9 Å². The number of hydrogen-bond acceptors (Lipinski definition) is 5. The van der Waals surface area contributed by atoms with Crippen molar-refractivity contribution in [2.24, 2.45) is 7.05 Å². The Kier molecular flexibility index (Phi) is 5.34. The molecule has 6 nitrogen and oxygen atoms in total. The van der Waals surface area contributed by atoms with Crippen LogP contribution < -0.4 is 10.3 Å². The summed E-state index contributed by atoms with van der Waals surface area (Å²) in [6, 6.07) is 11.0. The van der Waals surface area contributed by atoms with E-state index < -0.39 is 5.82 Å². The number of fused-ring (bicyclic) bond motifs is 3. The van der Waals surface area contributed by atoms with Gasteiger partial charge < -0.3 is 9.30 Å². The van der Waals surface area contributed by atoms with Crippen molar-refractivity contribution in [3.05, 3.63) is 64.2 Å². The standard InChI is InChI=1S/C22H20FN3O3S/c1-4-26-21(28)20-19(16-11-15(29-3)9-10-17(16)25(20)2)24-22(26)30-12-18(27)13-5-7-14(23)8-6-13/h5-11H,4,12H2,1-3H3. The Morgan fingerprint density at radius 2 is 1.93 bits per heavy atom. The van der Waals surface area contributed by atoms with Crippen LogP contribution in [0.15, 0.2) is 52.4 Å². The molecule has 0 amide bonds. The van der Waals surface area contributed by atoms with Crippen LogP contribution >= 0.6 is 11.8 Å². The quantitative estimate of drug-likeness (QED) is 0.265. The largest absolute Gasteiger partial charge is 0.497 e. The highest BCUT2D eigenvalue weighted by Crippen LogP contribution is 2.30. The fraction of sp³-hybridized carbons (Fsp3) is 0.227. The minimum Gasteiger partial charge on any atom is -0.497 e. The van der Waals surface area contributed by atoms with E-state index in [0.29, 0.717) is 34.0 Å². The molecule has 0 saturated heterocycles.